The molecular formula is C12H16BrClO. The molecule has 1 atom stereocenters. The molecule has 0 radical (unpaired) electrons. The molecule has 0 aromatic heterocycles. The van der Waals surface area contributed by atoms with E-state index < -0.39 is 0 Å². The van der Waals surface area contributed by atoms with Gasteiger partial charge in [0.1, 0.15) is 5.75 Å². The number of rotatable bonds is 5. The Hall–Kier alpha value is -0.210. The number of ether oxygens (including phenoxy) is 1. The molecule has 1 unspecified atom stereocenters. The molecule has 0 fully saturated rings. The van der Waals surface area contributed by atoms with Gasteiger partial charge in [0.15, 0.2) is 0 Å². The van der Waals surface area contributed by atoms with Gasteiger partial charge in [-0.15, -0.1) is 0 Å². The molecule has 0 amide bonds. The third-order valence-corrected chi connectivity index (χ3v) is 3.04. The van der Waals surface area contributed by atoms with Crippen LogP contribution in [0.4, 0.5) is 0 Å². The van der Waals surface area contributed by atoms with Crippen molar-refractivity contribution >= 4 is 27.5 Å². The molecule has 84 valence electrons. The predicted octanol–water partition coefficient (Wildman–Crippen LogP) is 4.63. The Kier molecular flexibility index (Phi) is 5.48. The van der Waals surface area contributed by atoms with Crippen LogP contribution in [0.3, 0.4) is 0 Å². The molecule has 1 aromatic rings. The van der Waals surface area contributed by atoms with Gasteiger partial charge in [0.05, 0.1) is 6.61 Å². The summed E-state index contributed by atoms with van der Waals surface area (Å²) >= 11 is 9.45. The largest absolute Gasteiger partial charge is 0.494 e. The van der Waals surface area contributed by atoms with Crippen LogP contribution in [0.2, 0.25) is 5.02 Å². The van der Waals surface area contributed by atoms with E-state index in [1.54, 1.807) is 0 Å². The first kappa shape index (κ1) is 12.9. The van der Waals surface area contributed by atoms with E-state index in [0.717, 1.165) is 22.5 Å². The maximum atomic E-state index is 5.99. The fourth-order valence-electron chi connectivity index (χ4n) is 1.51. The van der Waals surface area contributed by atoms with Crippen molar-refractivity contribution in [2.75, 3.05) is 11.9 Å². The first-order valence-corrected chi connectivity index (χ1v) is 6.67. The Labute approximate surface area is 105 Å². The van der Waals surface area contributed by atoms with Gasteiger partial charge in [-0.1, -0.05) is 34.5 Å². The third-order valence-electron chi connectivity index (χ3n) is 2.34. The van der Waals surface area contributed by atoms with Crippen molar-refractivity contribution in [2.45, 2.75) is 26.2 Å². The minimum absolute atomic E-state index is 0.463. The van der Waals surface area contributed by atoms with Crippen molar-refractivity contribution in [1.29, 1.82) is 0 Å². The number of alkyl halides is 1. The van der Waals surface area contributed by atoms with Gasteiger partial charge in [0.25, 0.3) is 0 Å². The third kappa shape index (κ3) is 3.69. The maximum absolute atomic E-state index is 5.99. The molecule has 3 heteroatoms. The molecule has 0 N–H and O–H groups in total. The smallest absolute Gasteiger partial charge is 0.122 e. The minimum atomic E-state index is 0.463. The van der Waals surface area contributed by atoms with Gasteiger partial charge < -0.3 is 4.74 Å². The van der Waals surface area contributed by atoms with Crippen LogP contribution >= 0.6 is 27.5 Å². The van der Waals surface area contributed by atoms with Crippen LogP contribution in [-0.4, -0.2) is 11.9 Å². The highest BCUT2D eigenvalue weighted by Gasteiger charge is 2.11. The van der Waals surface area contributed by atoms with Crippen molar-refractivity contribution in [3.8, 4) is 5.75 Å². The Morgan fingerprint density at radius 1 is 1.47 bits per heavy atom. The van der Waals surface area contributed by atoms with Crippen LogP contribution in [0.1, 0.15) is 31.7 Å². The maximum Gasteiger partial charge on any atom is 0.122 e. The lowest BCUT2D eigenvalue weighted by Crippen LogP contribution is -2.01. The zero-order chi connectivity index (χ0) is 11.3. The van der Waals surface area contributed by atoms with Gasteiger partial charge in [-0.05, 0) is 43.0 Å². The average Bonchev–Trinajstić information content (AvgIpc) is 2.21. The van der Waals surface area contributed by atoms with E-state index in [4.69, 9.17) is 16.3 Å². The first-order valence-electron chi connectivity index (χ1n) is 5.17. The molecule has 0 aliphatic rings. The standard InChI is InChI=1S/C12H16BrClO/c1-3-15-12-5-4-10(14)8-11(12)9(2)6-7-13/h4-5,8-9H,3,6-7H2,1-2H3. The Bertz CT molecular complexity index is 314. The van der Waals surface area contributed by atoms with E-state index in [2.05, 4.69) is 22.9 Å². The summed E-state index contributed by atoms with van der Waals surface area (Å²) in [4.78, 5) is 0. The fraction of sp³-hybridized carbons (Fsp3) is 0.500. The van der Waals surface area contributed by atoms with Gasteiger partial charge >= 0.3 is 0 Å². The molecule has 0 aliphatic heterocycles. The monoisotopic (exact) mass is 290 g/mol. The van der Waals surface area contributed by atoms with E-state index in [9.17, 15) is 0 Å². The van der Waals surface area contributed by atoms with Crippen LogP contribution in [0.25, 0.3) is 0 Å². The molecule has 15 heavy (non-hydrogen) atoms. The second-order valence-corrected chi connectivity index (χ2v) is 4.72. The molecule has 0 spiro atoms. The Morgan fingerprint density at radius 3 is 2.80 bits per heavy atom. The van der Waals surface area contributed by atoms with E-state index >= 15 is 0 Å². The summed E-state index contributed by atoms with van der Waals surface area (Å²) in [5.74, 6) is 1.42. The molecular weight excluding hydrogens is 275 g/mol. The fourth-order valence-corrected chi connectivity index (χ4v) is 2.38. The second-order valence-electron chi connectivity index (χ2n) is 3.49. The first-order chi connectivity index (χ1) is 7.19. The highest BCUT2D eigenvalue weighted by Crippen LogP contribution is 2.31. The number of benzene rings is 1. The van der Waals surface area contributed by atoms with Crippen LogP contribution in [0.15, 0.2) is 18.2 Å². The van der Waals surface area contributed by atoms with Gasteiger partial charge in [-0.3, -0.25) is 0 Å². The Balaban J connectivity index is 2.95. The number of hydrogen-bond donors (Lipinski definition) is 0. The predicted molar refractivity (Wildman–Crippen MR) is 69.4 cm³/mol. The zero-order valence-electron chi connectivity index (χ0n) is 9.09. The number of halogens is 2. The van der Waals surface area contributed by atoms with E-state index in [-0.39, 0.29) is 0 Å². The van der Waals surface area contributed by atoms with E-state index in [1.807, 2.05) is 25.1 Å². The molecule has 1 rings (SSSR count). The highest BCUT2D eigenvalue weighted by atomic mass is 79.9. The van der Waals surface area contributed by atoms with Crippen LogP contribution < -0.4 is 4.74 Å². The summed E-state index contributed by atoms with van der Waals surface area (Å²) < 4.78 is 5.59. The zero-order valence-corrected chi connectivity index (χ0v) is 11.4. The molecule has 1 aromatic carbocycles. The lowest BCUT2D eigenvalue weighted by Gasteiger charge is -2.15. The summed E-state index contributed by atoms with van der Waals surface area (Å²) in [6.07, 6.45) is 1.08. The minimum Gasteiger partial charge on any atom is -0.494 e. The van der Waals surface area contributed by atoms with Gasteiger partial charge in [0, 0.05) is 10.4 Å². The van der Waals surface area contributed by atoms with Crippen molar-refractivity contribution in [2.24, 2.45) is 0 Å². The van der Waals surface area contributed by atoms with Gasteiger partial charge in [-0.2, -0.15) is 0 Å². The average molecular weight is 292 g/mol. The second kappa shape index (κ2) is 6.39. The van der Waals surface area contributed by atoms with Crippen molar-refractivity contribution in [1.82, 2.24) is 0 Å². The summed E-state index contributed by atoms with van der Waals surface area (Å²) in [5.41, 5.74) is 1.20. The lowest BCUT2D eigenvalue weighted by atomic mass is 9.98. The molecule has 0 saturated carbocycles. The van der Waals surface area contributed by atoms with Crippen LogP contribution in [0.5, 0.6) is 5.75 Å². The summed E-state index contributed by atoms with van der Waals surface area (Å²) in [5, 5.41) is 1.77. The molecule has 1 nitrogen and oxygen atoms in total. The number of hydrogen-bond acceptors (Lipinski definition) is 1. The normalized spacial score (nSPS) is 12.5. The lowest BCUT2D eigenvalue weighted by molar-refractivity contribution is 0.334. The van der Waals surface area contributed by atoms with E-state index in [1.165, 1.54) is 5.56 Å². The topological polar surface area (TPSA) is 9.23 Å². The highest BCUT2D eigenvalue weighted by molar-refractivity contribution is 9.09. The van der Waals surface area contributed by atoms with Crippen LogP contribution in [-0.2, 0) is 0 Å². The van der Waals surface area contributed by atoms with E-state index in [0.29, 0.717) is 12.5 Å². The SMILES string of the molecule is CCOc1ccc(Cl)cc1C(C)CCBr. The molecule has 0 heterocycles. The van der Waals surface area contributed by atoms with Crippen molar-refractivity contribution < 1.29 is 4.74 Å². The molecule has 0 bridgehead atoms. The van der Waals surface area contributed by atoms with Crippen LogP contribution in [0, 0.1) is 0 Å². The van der Waals surface area contributed by atoms with Gasteiger partial charge in [-0.25, -0.2) is 0 Å². The molecule has 0 saturated heterocycles. The summed E-state index contributed by atoms with van der Waals surface area (Å²) in [7, 11) is 0. The summed E-state index contributed by atoms with van der Waals surface area (Å²) in [6.45, 7) is 4.87. The quantitative estimate of drug-likeness (QED) is 0.719. The Morgan fingerprint density at radius 2 is 2.20 bits per heavy atom. The van der Waals surface area contributed by atoms with Gasteiger partial charge in [0.2, 0.25) is 0 Å². The van der Waals surface area contributed by atoms with Crippen molar-refractivity contribution in [3.63, 3.8) is 0 Å². The summed E-state index contributed by atoms with van der Waals surface area (Å²) in [6, 6.07) is 5.82. The molecule has 0 aliphatic carbocycles. The van der Waals surface area contributed by atoms with Crippen molar-refractivity contribution in [3.05, 3.63) is 28.8 Å².